The molecule has 0 aromatic heterocycles. The van der Waals surface area contributed by atoms with Gasteiger partial charge in [-0.1, -0.05) is 60.7 Å². The van der Waals surface area contributed by atoms with Crippen LogP contribution in [0.2, 0.25) is 0 Å². The predicted molar refractivity (Wildman–Crippen MR) is 81.9 cm³/mol. The van der Waals surface area contributed by atoms with Crippen LogP contribution in [-0.2, 0) is 12.8 Å². The van der Waals surface area contributed by atoms with Gasteiger partial charge in [0.2, 0.25) is 0 Å². The number of fused-ring (bicyclic) bond motifs is 1. The minimum atomic E-state index is -0.340. The van der Waals surface area contributed by atoms with Crippen molar-refractivity contribution < 1.29 is 4.79 Å². The molecule has 0 saturated carbocycles. The van der Waals surface area contributed by atoms with Crippen molar-refractivity contribution in [3.8, 4) is 0 Å². The number of allylic oxidation sites excluding steroid dienone is 1. The van der Waals surface area contributed by atoms with E-state index in [1.165, 1.54) is 11.1 Å². The Balaban J connectivity index is 1.99. The summed E-state index contributed by atoms with van der Waals surface area (Å²) in [6.45, 7) is 3.86. The van der Waals surface area contributed by atoms with Gasteiger partial charge in [-0.2, -0.15) is 0 Å². The van der Waals surface area contributed by atoms with Crippen LogP contribution in [0.5, 0.6) is 0 Å². The molecule has 0 aliphatic heterocycles. The van der Waals surface area contributed by atoms with Gasteiger partial charge in [0, 0.05) is 11.0 Å². The first-order valence-electron chi connectivity index (χ1n) is 7.03. The van der Waals surface area contributed by atoms with Crippen molar-refractivity contribution in [2.75, 3.05) is 0 Å². The largest absolute Gasteiger partial charge is 0.294 e. The molecule has 0 amide bonds. The fraction of sp³-hybridized carbons (Fsp3) is 0.211. The van der Waals surface area contributed by atoms with E-state index >= 15 is 0 Å². The molecule has 0 bridgehead atoms. The lowest BCUT2D eigenvalue weighted by molar-refractivity contribution is 0.0821. The van der Waals surface area contributed by atoms with Crippen LogP contribution in [0.4, 0.5) is 0 Å². The number of hydrogen-bond acceptors (Lipinski definition) is 1. The first kappa shape index (κ1) is 12.9. The summed E-state index contributed by atoms with van der Waals surface area (Å²) in [5.74, 6) is 0.275. The monoisotopic (exact) mass is 262 g/mol. The first-order valence-corrected chi connectivity index (χ1v) is 7.03. The normalized spacial score (nSPS) is 20.7. The SMILES string of the molecule is C=CCC1(Cc2ccccc2)Cc2ccccc2C1=O. The third-order valence-corrected chi connectivity index (χ3v) is 4.19. The van der Waals surface area contributed by atoms with Crippen LogP contribution in [-0.4, -0.2) is 5.78 Å². The first-order chi connectivity index (χ1) is 9.75. The molecule has 3 rings (SSSR count). The summed E-state index contributed by atoms with van der Waals surface area (Å²) >= 11 is 0. The quantitative estimate of drug-likeness (QED) is 0.754. The molecule has 0 radical (unpaired) electrons. The molecule has 1 atom stereocenters. The molecule has 0 heterocycles. The third-order valence-electron chi connectivity index (χ3n) is 4.19. The average molecular weight is 262 g/mol. The number of carbonyl (C=O) groups is 1. The summed E-state index contributed by atoms with van der Waals surface area (Å²) in [5.41, 5.74) is 2.95. The highest BCUT2D eigenvalue weighted by molar-refractivity contribution is 6.05. The topological polar surface area (TPSA) is 17.1 Å². The van der Waals surface area contributed by atoms with Crippen LogP contribution in [0.15, 0.2) is 67.3 Å². The molecular weight excluding hydrogens is 244 g/mol. The number of benzene rings is 2. The highest BCUT2D eigenvalue weighted by atomic mass is 16.1. The smallest absolute Gasteiger partial charge is 0.170 e. The maximum Gasteiger partial charge on any atom is 0.170 e. The molecule has 1 heteroatoms. The molecule has 2 aromatic rings. The van der Waals surface area contributed by atoms with E-state index in [9.17, 15) is 4.79 Å². The van der Waals surface area contributed by atoms with Crippen molar-refractivity contribution in [2.24, 2.45) is 5.41 Å². The van der Waals surface area contributed by atoms with Crippen LogP contribution in [0.1, 0.15) is 27.9 Å². The summed E-state index contributed by atoms with van der Waals surface area (Å²) in [4.78, 5) is 12.9. The van der Waals surface area contributed by atoms with Crippen molar-refractivity contribution >= 4 is 5.78 Å². The number of carbonyl (C=O) groups excluding carboxylic acids is 1. The zero-order valence-electron chi connectivity index (χ0n) is 11.5. The third kappa shape index (κ3) is 2.09. The molecule has 1 nitrogen and oxygen atoms in total. The summed E-state index contributed by atoms with van der Waals surface area (Å²) in [5, 5.41) is 0. The van der Waals surface area contributed by atoms with E-state index in [0.717, 1.165) is 24.8 Å². The van der Waals surface area contributed by atoms with Crippen LogP contribution >= 0.6 is 0 Å². The highest BCUT2D eigenvalue weighted by Gasteiger charge is 2.44. The Morgan fingerprint density at radius 2 is 1.75 bits per heavy atom. The Labute approximate surface area is 120 Å². The summed E-state index contributed by atoms with van der Waals surface area (Å²) < 4.78 is 0. The molecule has 0 N–H and O–H groups in total. The average Bonchev–Trinajstić information content (AvgIpc) is 2.74. The Bertz CT molecular complexity index is 642. The Kier molecular flexibility index (Phi) is 3.27. The van der Waals surface area contributed by atoms with Gasteiger partial charge >= 0.3 is 0 Å². The van der Waals surface area contributed by atoms with Crippen LogP contribution in [0, 0.1) is 5.41 Å². The highest BCUT2D eigenvalue weighted by Crippen LogP contribution is 2.42. The van der Waals surface area contributed by atoms with Crippen LogP contribution in [0.25, 0.3) is 0 Å². The van der Waals surface area contributed by atoms with Crippen LogP contribution < -0.4 is 0 Å². The van der Waals surface area contributed by atoms with Gasteiger partial charge in [-0.3, -0.25) is 4.79 Å². The molecular formula is C19H18O. The molecule has 1 aliphatic rings. The summed E-state index contributed by atoms with van der Waals surface area (Å²) in [7, 11) is 0. The minimum absolute atomic E-state index is 0.275. The van der Waals surface area contributed by atoms with Crippen molar-refractivity contribution in [3.05, 3.63) is 83.9 Å². The second kappa shape index (κ2) is 5.09. The predicted octanol–water partition coefficient (Wildman–Crippen LogP) is 4.23. The van der Waals surface area contributed by atoms with Gasteiger partial charge in [0.15, 0.2) is 5.78 Å². The van der Waals surface area contributed by atoms with Gasteiger partial charge in [-0.15, -0.1) is 6.58 Å². The molecule has 0 saturated heterocycles. The number of Topliss-reactive ketones (excluding diaryl/α,β-unsaturated/α-hetero) is 1. The zero-order valence-corrected chi connectivity index (χ0v) is 11.5. The summed E-state index contributed by atoms with van der Waals surface area (Å²) in [6, 6.07) is 18.3. The van der Waals surface area contributed by atoms with Crippen molar-refractivity contribution in [1.82, 2.24) is 0 Å². The standard InChI is InChI=1S/C19H18O/c1-2-12-19(13-15-8-4-3-5-9-15)14-16-10-6-7-11-17(16)18(19)20/h2-11H,1,12-14H2. The van der Waals surface area contributed by atoms with E-state index in [-0.39, 0.29) is 11.2 Å². The fourth-order valence-corrected chi connectivity index (χ4v) is 3.27. The Hall–Kier alpha value is -2.15. The minimum Gasteiger partial charge on any atom is -0.294 e. The fourth-order valence-electron chi connectivity index (χ4n) is 3.27. The second-order valence-electron chi connectivity index (χ2n) is 5.60. The maximum absolute atomic E-state index is 12.9. The van der Waals surface area contributed by atoms with E-state index < -0.39 is 0 Å². The van der Waals surface area contributed by atoms with E-state index in [1.807, 2.05) is 42.5 Å². The van der Waals surface area contributed by atoms with Gasteiger partial charge in [-0.25, -0.2) is 0 Å². The molecule has 2 aromatic carbocycles. The van der Waals surface area contributed by atoms with Crippen molar-refractivity contribution in [3.63, 3.8) is 0 Å². The lowest BCUT2D eigenvalue weighted by atomic mass is 9.75. The molecule has 100 valence electrons. The van der Waals surface area contributed by atoms with E-state index in [1.54, 1.807) is 0 Å². The van der Waals surface area contributed by atoms with E-state index in [0.29, 0.717) is 0 Å². The molecule has 1 unspecified atom stereocenters. The zero-order chi connectivity index (χ0) is 14.0. The molecule has 20 heavy (non-hydrogen) atoms. The van der Waals surface area contributed by atoms with Gasteiger partial charge in [0.25, 0.3) is 0 Å². The Morgan fingerprint density at radius 3 is 2.45 bits per heavy atom. The molecule has 0 fully saturated rings. The number of rotatable bonds is 4. The van der Waals surface area contributed by atoms with Gasteiger partial charge in [0.1, 0.15) is 0 Å². The van der Waals surface area contributed by atoms with E-state index in [4.69, 9.17) is 0 Å². The lowest BCUT2D eigenvalue weighted by Crippen LogP contribution is -2.30. The number of hydrogen-bond donors (Lipinski definition) is 0. The lowest BCUT2D eigenvalue weighted by Gasteiger charge is -2.26. The maximum atomic E-state index is 12.9. The summed E-state index contributed by atoms with van der Waals surface area (Å²) in [6.07, 6.45) is 4.22. The van der Waals surface area contributed by atoms with Crippen molar-refractivity contribution in [1.29, 1.82) is 0 Å². The van der Waals surface area contributed by atoms with Gasteiger partial charge in [-0.05, 0) is 30.4 Å². The van der Waals surface area contributed by atoms with Gasteiger partial charge < -0.3 is 0 Å². The molecule has 0 spiro atoms. The Morgan fingerprint density at radius 1 is 1.05 bits per heavy atom. The van der Waals surface area contributed by atoms with E-state index in [2.05, 4.69) is 24.8 Å². The molecule has 1 aliphatic carbocycles. The van der Waals surface area contributed by atoms with Crippen molar-refractivity contribution in [2.45, 2.75) is 19.3 Å². The van der Waals surface area contributed by atoms with Crippen LogP contribution in [0.3, 0.4) is 0 Å². The number of ketones is 1. The van der Waals surface area contributed by atoms with Gasteiger partial charge in [0.05, 0.1) is 0 Å². The second-order valence-corrected chi connectivity index (χ2v) is 5.60.